The molecular weight excluding hydrogens is 321 g/mol. The minimum Gasteiger partial charge on any atom is -0.263 e. The quantitative estimate of drug-likeness (QED) is 0.716. The maximum atomic E-state index is 6.15. The first-order valence-electron chi connectivity index (χ1n) is 5.15. The van der Waals surface area contributed by atoms with E-state index in [9.17, 15) is 0 Å². The molecule has 2 aromatic rings. The minimum atomic E-state index is 0.149. The summed E-state index contributed by atoms with van der Waals surface area (Å²) in [5, 5.41) is 1.45. The summed E-state index contributed by atoms with van der Waals surface area (Å²) in [5.74, 6) is 0. The van der Waals surface area contributed by atoms with Crippen molar-refractivity contribution in [1.29, 1.82) is 0 Å². The van der Waals surface area contributed by atoms with Gasteiger partial charge in [-0.15, -0.1) is 0 Å². The molecule has 1 atom stereocenters. The number of hydrogen-bond acceptors (Lipinski definition) is 1. The highest BCUT2D eigenvalue weighted by atomic mass is 79.9. The molecule has 2 rings (SSSR count). The number of alkyl halides is 1. The molecule has 0 saturated heterocycles. The largest absolute Gasteiger partial charge is 0.263 e. The first-order chi connectivity index (χ1) is 8.18. The summed E-state index contributed by atoms with van der Waals surface area (Å²) >= 11 is 15.9. The number of benzene rings is 1. The van der Waals surface area contributed by atoms with E-state index in [1.54, 1.807) is 12.4 Å². The van der Waals surface area contributed by atoms with Crippen LogP contribution in [0.1, 0.15) is 16.0 Å². The van der Waals surface area contributed by atoms with Crippen LogP contribution in [-0.2, 0) is 6.42 Å². The zero-order valence-electron chi connectivity index (χ0n) is 8.91. The van der Waals surface area contributed by atoms with E-state index in [-0.39, 0.29) is 4.83 Å². The van der Waals surface area contributed by atoms with Crippen molar-refractivity contribution in [2.45, 2.75) is 11.2 Å². The van der Waals surface area contributed by atoms with Crippen LogP contribution in [0.3, 0.4) is 0 Å². The van der Waals surface area contributed by atoms with Crippen LogP contribution in [0.4, 0.5) is 0 Å². The van der Waals surface area contributed by atoms with Gasteiger partial charge in [0.2, 0.25) is 0 Å². The van der Waals surface area contributed by atoms with Gasteiger partial charge in [-0.1, -0.05) is 57.3 Å². The van der Waals surface area contributed by atoms with E-state index in [1.807, 2.05) is 30.3 Å². The van der Waals surface area contributed by atoms with E-state index >= 15 is 0 Å². The van der Waals surface area contributed by atoms with Crippen LogP contribution in [0.2, 0.25) is 10.0 Å². The number of halogens is 3. The third-order valence-corrected chi connectivity index (χ3v) is 4.00. The predicted molar refractivity (Wildman–Crippen MR) is 76.1 cm³/mol. The summed E-state index contributed by atoms with van der Waals surface area (Å²) in [4.78, 5) is 4.12. The summed E-state index contributed by atoms with van der Waals surface area (Å²) in [6.45, 7) is 0. The second-order valence-electron chi connectivity index (χ2n) is 3.66. The van der Waals surface area contributed by atoms with Gasteiger partial charge in [0.15, 0.2) is 0 Å². The monoisotopic (exact) mass is 329 g/mol. The van der Waals surface area contributed by atoms with Gasteiger partial charge in [-0.2, -0.15) is 0 Å². The molecule has 1 unspecified atom stereocenters. The average molecular weight is 331 g/mol. The Bertz CT molecular complexity index is 516. The summed E-state index contributed by atoms with van der Waals surface area (Å²) < 4.78 is 0. The second-order valence-corrected chi connectivity index (χ2v) is 5.58. The van der Waals surface area contributed by atoms with Crippen molar-refractivity contribution in [2.24, 2.45) is 0 Å². The molecule has 88 valence electrons. The predicted octanol–water partition coefficient (Wildman–Crippen LogP) is 5.07. The standard InChI is InChI=1S/C13H10BrCl2N/c14-11(10-3-1-2-4-12(10)15)7-9-5-6-17-8-13(9)16/h1-6,8,11H,7H2. The molecule has 17 heavy (non-hydrogen) atoms. The van der Waals surface area contributed by atoms with Crippen molar-refractivity contribution in [3.8, 4) is 0 Å². The molecule has 0 aliphatic heterocycles. The minimum absolute atomic E-state index is 0.149. The van der Waals surface area contributed by atoms with Gasteiger partial charge in [0.25, 0.3) is 0 Å². The van der Waals surface area contributed by atoms with Crippen molar-refractivity contribution < 1.29 is 0 Å². The average Bonchev–Trinajstić information content (AvgIpc) is 2.32. The number of pyridine rings is 1. The fourth-order valence-electron chi connectivity index (χ4n) is 1.60. The lowest BCUT2D eigenvalue weighted by atomic mass is 10.1. The Morgan fingerprint density at radius 1 is 1.12 bits per heavy atom. The highest BCUT2D eigenvalue weighted by Gasteiger charge is 2.13. The van der Waals surface area contributed by atoms with E-state index in [2.05, 4.69) is 20.9 Å². The Morgan fingerprint density at radius 2 is 1.88 bits per heavy atom. The lowest BCUT2D eigenvalue weighted by molar-refractivity contribution is 0.945. The van der Waals surface area contributed by atoms with Gasteiger partial charge < -0.3 is 0 Å². The molecule has 0 saturated carbocycles. The van der Waals surface area contributed by atoms with Gasteiger partial charge in [0.1, 0.15) is 0 Å². The van der Waals surface area contributed by atoms with E-state index in [0.717, 1.165) is 22.6 Å². The van der Waals surface area contributed by atoms with Crippen molar-refractivity contribution >= 4 is 39.1 Å². The molecular formula is C13H10BrCl2N. The van der Waals surface area contributed by atoms with E-state index < -0.39 is 0 Å². The Balaban J connectivity index is 2.20. The smallest absolute Gasteiger partial charge is 0.0621 e. The Kier molecular flexibility index (Phi) is 4.43. The third kappa shape index (κ3) is 3.21. The van der Waals surface area contributed by atoms with Crippen molar-refractivity contribution in [1.82, 2.24) is 4.98 Å². The van der Waals surface area contributed by atoms with Crippen LogP contribution in [-0.4, -0.2) is 4.98 Å². The molecule has 0 bridgehead atoms. The molecule has 0 aliphatic rings. The van der Waals surface area contributed by atoms with E-state index in [1.165, 1.54) is 0 Å². The molecule has 0 radical (unpaired) electrons. The highest BCUT2D eigenvalue weighted by molar-refractivity contribution is 9.09. The highest BCUT2D eigenvalue weighted by Crippen LogP contribution is 2.33. The third-order valence-electron chi connectivity index (χ3n) is 2.50. The molecule has 1 aromatic carbocycles. The lowest BCUT2D eigenvalue weighted by Gasteiger charge is -2.12. The van der Waals surface area contributed by atoms with Gasteiger partial charge in [-0.25, -0.2) is 0 Å². The van der Waals surface area contributed by atoms with Gasteiger partial charge in [0, 0.05) is 22.2 Å². The topological polar surface area (TPSA) is 12.9 Å². The number of nitrogens with zero attached hydrogens (tertiary/aromatic N) is 1. The fourth-order valence-corrected chi connectivity index (χ4v) is 2.95. The molecule has 0 aliphatic carbocycles. The first kappa shape index (κ1) is 12.9. The Hall–Kier alpha value is -0.570. The molecule has 0 N–H and O–H groups in total. The van der Waals surface area contributed by atoms with Gasteiger partial charge in [-0.3, -0.25) is 4.98 Å². The van der Waals surface area contributed by atoms with Crippen LogP contribution >= 0.6 is 39.1 Å². The van der Waals surface area contributed by atoms with Crippen LogP contribution in [0.15, 0.2) is 42.7 Å². The molecule has 0 fully saturated rings. The summed E-state index contributed by atoms with van der Waals surface area (Å²) in [7, 11) is 0. The van der Waals surface area contributed by atoms with Gasteiger partial charge >= 0.3 is 0 Å². The second kappa shape index (κ2) is 5.85. The van der Waals surface area contributed by atoms with E-state index in [4.69, 9.17) is 23.2 Å². The maximum absolute atomic E-state index is 6.15. The van der Waals surface area contributed by atoms with Gasteiger partial charge in [-0.05, 0) is 29.7 Å². The lowest BCUT2D eigenvalue weighted by Crippen LogP contribution is -1.97. The molecule has 1 nitrogen and oxygen atoms in total. The summed E-state index contributed by atoms with van der Waals surface area (Å²) in [5.41, 5.74) is 2.13. The number of aromatic nitrogens is 1. The van der Waals surface area contributed by atoms with Crippen LogP contribution in [0.25, 0.3) is 0 Å². The number of hydrogen-bond donors (Lipinski definition) is 0. The summed E-state index contributed by atoms with van der Waals surface area (Å²) in [6.07, 6.45) is 4.18. The van der Waals surface area contributed by atoms with Crippen molar-refractivity contribution in [3.63, 3.8) is 0 Å². The molecule has 1 heterocycles. The zero-order chi connectivity index (χ0) is 12.3. The normalized spacial score (nSPS) is 12.4. The zero-order valence-corrected chi connectivity index (χ0v) is 12.0. The summed E-state index contributed by atoms with van der Waals surface area (Å²) in [6, 6.07) is 9.72. The van der Waals surface area contributed by atoms with Gasteiger partial charge in [0.05, 0.1) is 5.02 Å². The fraction of sp³-hybridized carbons (Fsp3) is 0.154. The van der Waals surface area contributed by atoms with Crippen molar-refractivity contribution in [2.75, 3.05) is 0 Å². The van der Waals surface area contributed by atoms with Crippen molar-refractivity contribution in [3.05, 3.63) is 63.9 Å². The van der Waals surface area contributed by atoms with Crippen LogP contribution < -0.4 is 0 Å². The molecule has 0 amide bonds. The Labute approximate surface area is 119 Å². The van der Waals surface area contributed by atoms with Crippen LogP contribution in [0.5, 0.6) is 0 Å². The SMILES string of the molecule is Clc1cnccc1CC(Br)c1ccccc1Cl. The molecule has 4 heteroatoms. The van der Waals surface area contributed by atoms with Crippen LogP contribution in [0, 0.1) is 0 Å². The maximum Gasteiger partial charge on any atom is 0.0621 e. The van der Waals surface area contributed by atoms with E-state index in [0.29, 0.717) is 5.02 Å². The molecule has 1 aromatic heterocycles. The molecule has 0 spiro atoms. The first-order valence-corrected chi connectivity index (χ1v) is 6.82. The number of rotatable bonds is 3. The Morgan fingerprint density at radius 3 is 2.59 bits per heavy atom.